The maximum atomic E-state index is 14.9. The lowest BCUT2D eigenvalue weighted by molar-refractivity contribution is -0.145. The topological polar surface area (TPSA) is 189 Å². The largest absolute Gasteiger partial charge is 0.488 e. The number of ether oxygens (including phenoxy) is 1. The highest BCUT2D eigenvalue weighted by Gasteiger charge is 2.47. The molecule has 0 unspecified atom stereocenters. The molecule has 58 heavy (non-hydrogen) atoms. The van der Waals surface area contributed by atoms with E-state index in [9.17, 15) is 28.8 Å². The molecule has 3 aliphatic rings. The molecule has 2 aromatic carbocycles. The van der Waals surface area contributed by atoms with Gasteiger partial charge in [0, 0.05) is 40.7 Å². The molecule has 15 heteroatoms. The van der Waals surface area contributed by atoms with Gasteiger partial charge in [0.25, 0.3) is 11.8 Å². The van der Waals surface area contributed by atoms with E-state index >= 15 is 0 Å². The van der Waals surface area contributed by atoms with Crippen molar-refractivity contribution in [2.45, 2.75) is 128 Å². The fourth-order valence-electron chi connectivity index (χ4n) is 7.90. The monoisotopic (exact) mass is 815 g/mol. The van der Waals surface area contributed by atoms with Crippen LogP contribution in [0.4, 0.5) is 0 Å². The van der Waals surface area contributed by atoms with E-state index < -0.39 is 71.0 Å². The van der Waals surface area contributed by atoms with Crippen molar-refractivity contribution < 1.29 is 33.5 Å². The lowest BCUT2D eigenvalue weighted by atomic mass is 9.82. The highest BCUT2D eigenvalue weighted by molar-refractivity contribution is 6.38. The first kappa shape index (κ1) is 42.5. The minimum absolute atomic E-state index is 0.0135. The summed E-state index contributed by atoms with van der Waals surface area (Å²) in [4.78, 5) is 92.6. The van der Waals surface area contributed by atoms with Gasteiger partial charge in [-0.25, -0.2) is 4.98 Å². The van der Waals surface area contributed by atoms with Crippen LogP contribution in [0.5, 0.6) is 5.75 Å². The summed E-state index contributed by atoms with van der Waals surface area (Å²) in [6, 6.07) is 6.63. The lowest BCUT2D eigenvalue weighted by Gasteiger charge is -2.37. The predicted molar refractivity (Wildman–Crippen MR) is 218 cm³/mol. The number of hydrogen-bond acceptors (Lipinski definition) is 9. The molecule has 2 aliphatic carbocycles. The summed E-state index contributed by atoms with van der Waals surface area (Å²) < 4.78 is 6.53. The Bertz CT molecular complexity index is 2000. The van der Waals surface area contributed by atoms with Crippen molar-refractivity contribution in [1.82, 2.24) is 36.1 Å². The first-order valence-corrected chi connectivity index (χ1v) is 20.8. The fourth-order valence-corrected chi connectivity index (χ4v) is 8.13. The average Bonchev–Trinajstić information content (AvgIpc) is 3.94. The molecular weight excluding hydrogens is 762 g/mol. The van der Waals surface area contributed by atoms with Crippen LogP contribution in [-0.2, 0) is 24.0 Å². The quantitative estimate of drug-likeness (QED) is 0.158. The molecule has 2 heterocycles. The molecule has 5 amide bonds. The number of aromatic nitrogens is 2. The SMILES string of the molecule is CCC[C@H](NC(=O)[C@@H]1C[C@@H](Oc2ccc(Cl)c3ccccc23)CN1C(=O)[C@@H](NC(=O)[C@@H](NC(=O)c1cnccn1)C1CCCCC1)C(C)(C)C)C(=O)C(=O)NC1CC1. The van der Waals surface area contributed by atoms with Crippen LogP contribution in [0, 0.1) is 11.3 Å². The van der Waals surface area contributed by atoms with Gasteiger partial charge in [0.15, 0.2) is 0 Å². The summed E-state index contributed by atoms with van der Waals surface area (Å²) in [5, 5.41) is 13.5. The molecule has 3 aromatic rings. The van der Waals surface area contributed by atoms with Gasteiger partial charge >= 0.3 is 0 Å². The molecule has 5 atom stereocenters. The third-order valence-electron chi connectivity index (χ3n) is 11.2. The van der Waals surface area contributed by atoms with Gasteiger partial charge in [-0.15, -0.1) is 0 Å². The molecule has 1 saturated heterocycles. The molecule has 4 N–H and O–H groups in total. The minimum Gasteiger partial charge on any atom is -0.488 e. The van der Waals surface area contributed by atoms with E-state index in [0.717, 1.165) is 55.7 Å². The van der Waals surface area contributed by atoms with Crippen LogP contribution in [0.1, 0.15) is 102 Å². The maximum Gasteiger partial charge on any atom is 0.289 e. The smallest absolute Gasteiger partial charge is 0.289 e. The van der Waals surface area contributed by atoms with Crippen molar-refractivity contribution in [3.63, 3.8) is 0 Å². The van der Waals surface area contributed by atoms with Gasteiger partial charge in [0.2, 0.25) is 23.5 Å². The van der Waals surface area contributed by atoms with E-state index in [1.54, 1.807) is 12.1 Å². The van der Waals surface area contributed by atoms with Gasteiger partial charge in [-0.3, -0.25) is 33.8 Å². The van der Waals surface area contributed by atoms with Crippen molar-refractivity contribution in [2.24, 2.45) is 11.3 Å². The van der Waals surface area contributed by atoms with Crippen LogP contribution in [0.15, 0.2) is 55.0 Å². The van der Waals surface area contributed by atoms with E-state index in [-0.39, 0.29) is 37.0 Å². The van der Waals surface area contributed by atoms with Gasteiger partial charge in [0.05, 0.1) is 18.8 Å². The summed E-state index contributed by atoms with van der Waals surface area (Å²) in [5.41, 5.74) is -0.790. The maximum absolute atomic E-state index is 14.9. The lowest BCUT2D eigenvalue weighted by Crippen LogP contribution is -2.62. The van der Waals surface area contributed by atoms with E-state index in [0.29, 0.717) is 17.2 Å². The standard InChI is InChI=1S/C43H54ClN7O7/c1-5-11-31(36(52)41(56)47-26-16-17-26)48-39(54)33-22-27(58-34-19-18-30(44)28-14-9-10-15-29(28)34)24-51(33)42(57)37(43(2,3)4)50-40(55)35(25-12-7-6-8-13-25)49-38(53)32-23-45-20-21-46-32/h9-10,14-15,18-21,23,25-27,31,33,35,37H,5-8,11-13,16-17,22,24H2,1-4H3,(H,47,56)(H,48,54)(H,49,53)(H,50,55)/t27-,31+,33+,35+,37-/m1/s1. The number of rotatable bonds is 15. The molecule has 0 bridgehead atoms. The van der Waals surface area contributed by atoms with E-state index in [1.807, 2.05) is 52.0 Å². The number of nitrogens with zero attached hydrogens (tertiary/aromatic N) is 3. The van der Waals surface area contributed by atoms with Gasteiger partial charge in [-0.2, -0.15) is 0 Å². The summed E-state index contributed by atoms with van der Waals surface area (Å²) >= 11 is 6.50. The predicted octanol–water partition coefficient (Wildman–Crippen LogP) is 4.67. The number of likely N-dealkylation sites (tertiary alicyclic amines) is 1. The van der Waals surface area contributed by atoms with Crippen LogP contribution >= 0.6 is 11.6 Å². The number of carbonyl (C=O) groups is 6. The van der Waals surface area contributed by atoms with Crippen LogP contribution in [0.3, 0.4) is 0 Å². The second-order valence-corrected chi connectivity index (χ2v) is 17.2. The van der Waals surface area contributed by atoms with Crippen LogP contribution in [0.25, 0.3) is 10.8 Å². The Balaban J connectivity index is 1.28. The molecule has 0 radical (unpaired) electrons. The van der Waals surface area contributed by atoms with Crippen LogP contribution in [-0.4, -0.2) is 93.0 Å². The summed E-state index contributed by atoms with van der Waals surface area (Å²) in [7, 11) is 0. The Morgan fingerprint density at radius 2 is 1.64 bits per heavy atom. The van der Waals surface area contributed by atoms with Crippen molar-refractivity contribution in [2.75, 3.05) is 6.54 Å². The first-order valence-electron chi connectivity index (χ1n) is 20.4. The van der Waals surface area contributed by atoms with E-state index in [4.69, 9.17) is 16.3 Å². The molecule has 2 saturated carbocycles. The number of fused-ring (bicyclic) bond motifs is 1. The number of Topliss-reactive ketones (excluding diaryl/α,β-unsaturated/α-hetero) is 1. The summed E-state index contributed by atoms with van der Waals surface area (Å²) in [5.74, 6) is -3.35. The fraction of sp³-hybridized carbons (Fsp3) is 0.535. The molecule has 14 nitrogen and oxygen atoms in total. The Morgan fingerprint density at radius 3 is 2.29 bits per heavy atom. The number of benzene rings is 2. The molecule has 6 rings (SSSR count). The zero-order chi connectivity index (χ0) is 41.6. The van der Waals surface area contributed by atoms with Gasteiger partial charge in [-0.05, 0) is 55.6 Å². The number of carbonyl (C=O) groups excluding carboxylic acids is 6. The number of nitrogens with one attached hydrogen (secondary N) is 4. The Kier molecular flexibility index (Phi) is 13.7. The molecular formula is C43H54ClN7O7. The second-order valence-electron chi connectivity index (χ2n) is 16.8. The number of halogens is 1. The van der Waals surface area contributed by atoms with Gasteiger partial charge < -0.3 is 30.9 Å². The highest BCUT2D eigenvalue weighted by Crippen LogP contribution is 2.35. The molecule has 0 spiro atoms. The molecule has 3 fully saturated rings. The van der Waals surface area contributed by atoms with Crippen LogP contribution in [0.2, 0.25) is 5.02 Å². The Labute approximate surface area is 344 Å². The van der Waals surface area contributed by atoms with Crippen molar-refractivity contribution >= 4 is 57.7 Å². The van der Waals surface area contributed by atoms with Crippen molar-refractivity contribution in [3.8, 4) is 5.75 Å². The number of amides is 5. The Morgan fingerprint density at radius 1 is 0.914 bits per heavy atom. The Hall–Kier alpha value is -5.11. The zero-order valence-corrected chi connectivity index (χ0v) is 34.3. The molecule has 1 aromatic heterocycles. The molecule has 1 aliphatic heterocycles. The zero-order valence-electron chi connectivity index (χ0n) is 33.6. The van der Waals surface area contributed by atoms with Crippen molar-refractivity contribution in [1.29, 1.82) is 0 Å². The summed E-state index contributed by atoms with van der Waals surface area (Å²) in [6.07, 6.45) is 10.2. The second kappa shape index (κ2) is 18.6. The number of ketones is 1. The van der Waals surface area contributed by atoms with E-state index in [2.05, 4.69) is 31.2 Å². The minimum atomic E-state index is -1.14. The third-order valence-corrected chi connectivity index (χ3v) is 11.5. The van der Waals surface area contributed by atoms with Gasteiger partial charge in [0.1, 0.15) is 35.7 Å². The van der Waals surface area contributed by atoms with Gasteiger partial charge in [-0.1, -0.05) is 89.2 Å². The molecule has 310 valence electrons. The highest BCUT2D eigenvalue weighted by atomic mass is 35.5. The number of hydrogen-bond donors (Lipinski definition) is 4. The van der Waals surface area contributed by atoms with Crippen molar-refractivity contribution in [3.05, 3.63) is 65.7 Å². The first-order chi connectivity index (χ1) is 27.7. The normalized spacial score (nSPS) is 20.1. The third kappa shape index (κ3) is 10.3. The summed E-state index contributed by atoms with van der Waals surface area (Å²) in [6.45, 7) is 7.29. The average molecular weight is 816 g/mol. The van der Waals surface area contributed by atoms with Crippen LogP contribution < -0.4 is 26.0 Å². The van der Waals surface area contributed by atoms with E-state index in [1.165, 1.54) is 23.5 Å².